The van der Waals surface area contributed by atoms with Crippen molar-refractivity contribution in [3.05, 3.63) is 66.1 Å². The topological polar surface area (TPSA) is 89.3 Å². The molecule has 2 heterocycles. The maximum atomic E-state index is 12.0. The smallest absolute Gasteiger partial charge is 0.237 e. The maximum Gasteiger partial charge on any atom is 0.237 e. The van der Waals surface area contributed by atoms with Gasteiger partial charge >= 0.3 is 0 Å². The van der Waals surface area contributed by atoms with Crippen LogP contribution in [-0.4, -0.2) is 35.2 Å². The molecule has 0 bridgehead atoms. The Morgan fingerprint density at radius 1 is 1.17 bits per heavy atom. The SMILES string of the molecule is O=C(NCCc1nc(-c2ccc(COc3ccccc3)cc2)no1)C1CCCN1. The van der Waals surface area contributed by atoms with Crippen molar-refractivity contribution in [3.8, 4) is 17.1 Å². The molecule has 2 aromatic carbocycles. The first-order chi connectivity index (χ1) is 14.3. The highest BCUT2D eigenvalue weighted by atomic mass is 16.5. The van der Waals surface area contributed by atoms with E-state index in [1.165, 1.54) is 0 Å². The van der Waals surface area contributed by atoms with Crippen LogP contribution in [0.3, 0.4) is 0 Å². The van der Waals surface area contributed by atoms with Crippen LogP contribution in [0.4, 0.5) is 0 Å². The molecule has 1 saturated heterocycles. The van der Waals surface area contributed by atoms with Gasteiger partial charge in [0.1, 0.15) is 12.4 Å². The molecule has 2 N–H and O–H groups in total. The zero-order valence-electron chi connectivity index (χ0n) is 16.1. The molecule has 0 aliphatic carbocycles. The summed E-state index contributed by atoms with van der Waals surface area (Å²) in [7, 11) is 0. The van der Waals surface area contributed by atoms with Crippen molar-refractivity contribution in [2.75, 3.05) is 13.1 Å². The number of hydrogen-bond acceptors (Lipinski definition) is 6. The predicted octanol–water partition coefficient (Wildman–Crippen LogP) is 2.73. The number of carbonyl (C=O) groups is 1. The molecule has 0 spiro atoms. The lowest BCUT2D eigenvalue weighted by Crippen LogP contribution is -2.41. The van der Waals surface area contributed by atoms with Crippen LogP contribution >= 0.6 is 0 Å². The number of hydrogen-bond donors (Lipinski definition) is 2. The number of carbonyl (C=O) groups excluding carboxylic acids is 1. The van der Waals surface area contributed by atoms with Gasteiger partial charge in [-0.25, -0.2) is 0 Å². The van der Waals surface area contributed by atoms with Crippen LogP contribution in [-0.2, 0) is 17.8 Å². The molecule has 4 rings (SSSR count). The van der Waals surface area contributed by atoms with Crippen LogP contribution in [0.15, 0.2) is 59.1 Å². The van der Waals surface area contributed by atoms with E-state index in [0.717, 1.165) is 36.3 Å². The summed E-state index contributed by atoms with van der Waals surface area (Å²) < 4.78 is 11.1. The molecule has 0 radical (unpaired) electrons. The third-order valence-corrected chi connectivity index (χ3v) is 4.84. The fraction of sp³-hybridized carbons (Fsp3) is 0.318. The van der Waals surface area contributed by atoms with E-state index in [9.17, 15) is 4.79 Å². The van der Waals surface area contributed by atoms with Gasteiger partial charge in [0.05, 0.1) is 6.04 Å². The molecule has 3 aromatic rings. The summed E-state index contributed by atoms with van der Waals surface area (Å²) in [6.45, 7) is 1.88. The summed E-state index contributed by atoms with van der Waals surface area (Å²) in [5, 5.41) is 10.1. The summed E-state index contributed by atoms with van der Waals surface area (Å²) >= 11 is 0. The van der Waals surface area contributed by atoms with Crippen molar-refractivity contribution in [2.24, 2.45) is 0 Å². The lowest BCUT2D eigenvalue weighted by Gasteiger charge is -2.09. The van der Waals surface area contributed by atoms with Crippen LogP contribution in [0.25, 0.3) is 11.4 Å². The van der Waals surface area contributed by atoms with Gasteiger partial charge in [-0.1, -0.05) is 47.6 Å². The number of aromatic nitrogens is 2. The Kier molecular flexibility index (Phi) is 6.16. The molecule has 7 nitrogen and oxygen atoms in total. The maximum absolute atomic E-state index is 12.0. The number of ether oxygens (including phenoxy) is 1. The molecule has 0 saturated carbocycles. The second-order valence-electron chi connectivity index (χ2n) is 7.00. The highest BCUT2D eigenvalue weighted by molar-refractivity contribution is 5.81. The third kappa shape index (κ3) is 5.20. The standard InChI is InChI=1S/C22H24N4O3/c27-22(19-7-4-13-23-19)24-14-12-20-25-21(26-29-20)17-10-8-16(9-11-17)15-28-18-5-2-1-3-6-18/h1-3,5-6,8-11,19,23H,4,7,12-15H2,(H,24,27). The van der Waals surface area contributed by atoms with E-state index in [1.807, 2.05) is 54.6 Å². The summed E-state index contributed by atoms with van der Waals surface area (Å²) in [6.07, 6.45) is 2.44. The van der Waals surface area contributed by atoms with Gasteiger partial charge in [0.2, 0.25) is 17.6 Å². The van der Waals surface area contributed by atoms with Gasteiger partial charge < -0.3 is 19.9 Å². The van der Waals surface area contributed by atoms with E-state index in [2.05, 4.69) is 20.8 Å². The Labute approximate surface area is 169 Å². The minimum Gasteiger partial charge on any atom is -0.489 e. The van der Waals surface area contributed by atoms with Crippen LogP contribution in [0.2, 0.25) is 0 Å². The average Bonchev–Trinajstić information content (AvgIpc) is 3.46. The van der Waals surface area contributed by atoms with Crippen molar-refractivity contribution < 1.29 is 14.1 Å². The molecule has 29 heavy (non-hydrogen) atoms. The van der Waals surface area contributed by atoms with E-state index >= 15 is 0 Å². The Balaban J connectivity index is 1.26. The van der Waals surface area contributed by atoms with E-state index in [-0.39, 0.29) is 11.9 Å². The number of amides is 1. The van der Waals surface area contributed by atoms with Gasteiger partial charge in [-0.05, 0) is 37.1 Å². The average molecular weight is 392 g/mol. The van der Waals surface area contributed by atoms with Crippen LogP contribution in [0.1, 0.15) is 24.3 Å². The molecule has 1 atom stereocenters. The summed E-state index contributed by atoms with van der Waals surface area (Å²) in [5.41, 5.74) is 1.94. The van der Waals surface area contributed by atoms with Gasteiger partial charge in [0, 0.05) is 18.5 Å². The van der Waals surface area contributed by atoms with Crippen molar-refractivity contribution in [3.63, 3.8) is 0 Å². The summed E-state index contributed by atoms with van der Waals surface area (Å²) in [6, 6.07) is 17.5. The largest absolute Gasteiger partial charge is 0.489 e. The second kappa shape index (κ2) is 9.34. The molecule has 1 unspecified atom stereocenters. The Morgan fingerprint density at radius 2 is 2.00 bits per heavy atom. The zero-order valence-corrected chi connectivity index (χ0v) is 16.1. The van der Waals surface area contributed by atoms with Gasteiger partial charge in [-0.15, -0.1) is 0 Å². The van der Waals surface area contributed by atoms with Gasteiger partial charge in [0.25, 0.3) is 0 Å². The van der Waals surface area contributed by atoms with Crippen molar-refractivity contribution >= 4 is 5.91 Å². The van der Waals surface area contributed by atoms with E-state index in [4.69, 9.17) is 9.26 Å². The lowest BCUT2D eigenvalue weighted by atomic mass is 10.1. The molecule has 1 amide bonds. The van der Waals surface area contributed by atoms with E-state index in [1.54, 1.807) is 0 Å². The first kappa shape index (κ1) is 19.1. The number of nitrogens with zero attached hydrogens (tertiary/aromatic N) is 2. The molecule has 1 aliphatic rings. The van der Waals surface area contributed by atoms with Crippen molar-refractivity contribution in [1.82, 2.24) is 20.8 Å². The molecular formula is C22H24N4O3. The normalized spacial score (nSPS) is 15.9. The van der Waals surface area contributed by atoms with Crippen LogP contribution in [0.5, 0.6) is 5.75 Å². The fourth-order valence-corrected chi connectivity index (χ4v) is 3.23. The first-order valence-corrected chi connectivity index (χ1v) is 9.89. The quantitative estimate of drug-likeness (QED) is 0.613. The highest BCUT2D eigenvalue weighted by Gasteiger charge is 2.21. The molecule has 1 aliphatic heterocycles. The molecular weight excluding hydrogens is 368 g/mol. The first-order valence-electron chi connectivity index (χ1n) is 9.89. The van der Waals surface area contributed by atoms with Gasteiger partial charge in [0.15, 0.2) is 0 Å². The monoisotopic (exact) mass is 392 g/mol. The number of rotatable bonds is 8. The van der Waals surface area contributed by atoms with Crippen molar-refractivity contribution in [2.45, 2.75) is 31.9 Å². The van der Waals surface area contributed by atoms with Crippen molar-refractivity contribution in [1.29, 1.82) is 0 Å². The lowest BCUT2D eigenvalue weighted by molar-refractivity contribution is -0.122. The second-order valence-corrected chi connectivity index (χ2v) is 7.00. The summed E-state index contributed by atoms with van der Waals surface area (Å²) in [5.74, 6) is 1.93. The fourth-order valence-electron chi connectivity index (χ4n) is 3.23. The molecule has 1 fully saturated rings. The third-order valence-electron chi connectivity index (χ3n) is 4.84. The number of para-hydroxylation sites is 1. The van der Waals surface area contributed by atoms with E-state index in [0.29, 0.717) is 31.3 Å². The summed E-state index contributed by atoms with van der Waals surface area (Å²) in [4.78, 5) is 16.4. The minimum atomic E-state index is -0.0716. The highest BCUT2D eigenvalue weighted by Crippen LogP contribution is 2.18. The minimum absolute atomic E-state index is 0.0375. The van der Waals surface area contributed by atoms with E-state index < -0.39 is 0 Å². The molecule has 7 heteroatoms. The van der Waals surface area contributed by atoms with Crippen LogP contribution < -0.4 is 15.4 Å². The Bertz CT molecular complexity index is 919. The Hall–Kier alpha value is -3.19. The van der Waals surface area contributed by atoms with Crippen LogP contribution in [0, 0.1) is 0 Å². The molecule has 150 valence electrons. The zero-order chi connectivity index (χ0) is 19.9. The molecule has 1 aromatic heterocycles. The van der Waals surface area contributed by atoms with Gasteiger partial charge in [-0.2, -0.15) is 4.98 Å². The Morgan fingerprint density at radius 3 is 2.76 bits per heavy atom. The number of benzene rings is 2. The van der Waals surface area contributed by atoms with Gasteiger partial charge in [-0.3, -0.25) is 4.79 Å². The number of nitrogens with one attached hydrogen (secondary N) is 2. The predicted molar refractivity (Wildman–Crippen MR) is 108 cm³/mol.